The molecule has 7 nitrogen and oxygen atoms in total. The number of ether oxygens (including phenoxy) is 1. The highest BCUT2D eigenvalue weighted by molar-refractivity contribution is 5.89. The molecule has 1 amide bonds. The first-order chi connectivity index (χ1) is 9.42. The van der Waals surface area contributed by atoms with Crippen LogP contribution in [0.25, 0.3) is 0 Å². The summed E-state index contributed by atoms with van der Waals surface area (Å²) in [5.74, 6) is -2.36. The second kappa shape index (κ2) is 10.2. The highest BCUT2D eigenvalue weighted by Crippen LogP contribution is 2.07. The first kappa shape index (κ1) is 18.4. The van der Waals surface area contributed by atoms with Gasteiger partial charge in [0.1, 0.15) is 6.04 Å². The summed E-state index contributed by atoms with van der Waals surface area (Å²) < 4.78 is 4.62. The van der Waals surface area contributed by atoms with Crippen LogP contribution in [0, 0.1) is 0 Å². The second-order valence-corrected chi connectivity index (χ2v) is 4.64. The highest BCUT2D eigenvalue weighted by atomic mass is 16.5. The lowest BCUT2D eigenvalue weighted by atomic mass is 10.1. The molecule has 2 atom stereocenters. The van der Waals surface area contributed by atoms with E-state index in [1.54, 1.807) is 0 Å². The molecule has 0 spiro atoms. The molecule has 0 aliphatic carbocycles. The average Bonchev–Trinajstić information content (AvgIpc) is 2.40. The molecule has 0 saturated heterocycles. The maximum Gasteiger partial charge on any atom is 0.328 e. The summed E-state index contributed by atoms with van der Waals surface area (Å²) in [6.45, 7) is 2.07. The van der Waals surface area contributed by atoms with E-state index in [1.165, 1.54) is 7.11 Å². The highest BCUT2D eigenvalue weighted by Gasteiger charge is 2.25. The predicted molar refractivity (Wildman–Crippen MR) is 72.9 cm³/mol. The van der Waals surface area contributed by atoms with Crippen molar-refractivity contribution in [3.8, 4) is 0 Å². The van der Waals surface area contributed by atoms with Crippen molar-refractivity contribution in [1.29, 1.82) is 0 Å². The largest absolute Gasteiger partial charge is 0.481 e. The van der Waals surface area contributed by atoms with Crippen molar-refractivity contribution in [1.82, 2.24) is 5.32 Å². The molecule has 20 heavy (non-hydrogen) atoms. The maximum absolute atomic E-state index is 11.7. The minimum absolute atomic E-state index is 0.457. The standard InChI is InChI=1S/C13H24N2O5/c1-3-4-5-6-7-10(13(19)20-2)15-12(18)9(14)8-11(16)17/h9-10H,3-8,14H2,1-2H3,(H,15,18)(H,16,17)/t9-,10-/m1/s1. The van der Waals surface area contributed by atoms with Gasteiger partial charge >= 0.3 is 11.9 Å². The van der Waals surface area contributed by atoms with Crippen LogP contribution >= 0.6 is 0 Å². The minimum Gasteiger partial charge on any atom is -0.481 e. The topological polar surface area (TPSA) is 119 Å². The quantitative estimate of drug-likeness (QED) is 0.396. The van der Waals surface area contributed by atoms with E-state index in [0.29, 0.717) is 6.42 Å². The maximum atomic E-state index is 11.7. The minimum atomic E-state index is -1.17. The van der Waals surface area contributed by atoms with Gasteiger partial charge in [-0.05, 0) is 6.42 Å². The molecule has 4 N–H and O–H groups in total. The first-order valence-corrected chi connectivity index (χ1v) is 6.77. The number of rotatable bonds is 10. The fourth-order valence-corrected chi connectivity index (χ4v) is 1.73. The zero-order valence-corrected chi connectivity index (χ0v) is 12.1. The van der Waals surface area contributed by atoms with Gasteiger partial charge in [-0.25, -0.2) is 4.79 Å². The number of carboxylic acid groups (broad SMARTS) is 1. The molecule has 7 heteroatoms. The molecular weight excluding hydrogens is 264 g/mol. The summed E-state index contributed by atoms with van der Waals surface area (Å²) in [4.78, 5) is 33.7. The molecule has 0 bridgehead atoms. The number of nitrogens with one attached hydrogen (secondary N) is 1. The van der Waals surface area contributed by atoms with Crippen LogP contribution in [0.5, 0.6) is 0 Å². The molecule has 0 aromatic rings. The molecule has 0 saturated carbocycles. The number of hydrogen-bond acceptors (Lipinski definition) is 5. The van der Waals surface area contributed by atoms with Gasteiger partial charge in [-0.3, -0.25) is 9.59 Å². The van der Waals surface area contributed by atoms with Gasteiger partial charge in [-0.2, -0.15) is 0 Å². The molecule has 116 valence electrons. The van der Waals surface area contributed by atoms with E-state index in [0.717, 1.165) is 25.7 Å². The van der Waals surface area contributed by atoms with Gasteiger partial charge in [-0.1, -0.05) is 32.6 Å². The van der Waals surface area contributed by atoms with E-state index < -0.39 is 36.4 Å². The zero-order chi connectivity index (χ0) is 15.5. The average molecular weight is 288 g/mol. The van der Waals surface area contributed by atoms with Crippen LogP contribution < -0.4 is 11.1 Å². The Hall–Kier alpha value is -1.63. The summed E-state index contributed by atoms with van der Waals surface area (Å²) in [7, 11) is 1.24. The monoisotopic (exact) mass is 288 g/mol. The predicted octanol–water partition coefficient (Wildman–Crippen LogP) is 0.417. The second-order valence-electron chi connectivity index (χ2n) is 4.64. The Kier molecular flexibility index (Phi) is 9.36. The van der Waals surface area contributed by atoms with E-state index in [-0.39, 0.29) is 0 Å². The lowest BCUT2D eigenvalue weighted by Gasteiger charge is -2.18. The van der Waals surface area contributed by atoms with Gasteiger partial charge in [0.15, 0.2) is 0 Å². The molecular formula is C13H24N2O5. The number of amides is 1. The normalized spacial score (nSPS) is 13.3. The third-order valence-corrected chi connectivity index (χ3v) is 2.88. The van der Waals surface area contributed by atoms with Crippen LogP contribution in [0.1, 0.15) is 45.4 Å². The van der Waals surface area contributed by atoms with Crippen molar-refractivity contribution in [3.05, 3.63) is 0 Å². The van der Waals surface area contributed by atoms with E-state index in [2.05, 4.69) is 17.0 Å². The van der Waals surface area contributed by atoms with Crippen molar-refractivity contribution in [2.75, 3.05) is 7.11 Å². The first-order valence-electron chi connectivity index (χ1n) is 6.77. The van der Waals surface area contributed by atoms with Gasteiger partial charge in [0, 0.05) is 0 Å². The molecule has 0 radical (unpaired) electrons. The number of nitrogens with two attached hydrogens (primary N) is 1. The Morgan fingerprint density at radius 2 is 1.90 bits per heavy atom. The zero-order valence-electron chi connectivity index (χ0n) is 12.1. The van der Waals surface area contributed by atoms with E-state index in [1.807, 2.05) is 0 Å². The Bertz CT molecular complexity index is 333. The number of hydrogen-bond donors (Lipinski definition) is 3. The molecule has 0 heterocycles. The summed E-state index contributed by atoms with van der Waals surface area (Å²) >= 11 is 0. The van der Waals surface area contributed by atoms with Crippen molar-refractivity contribution in [3.63, 3.8) is 0 Å². The Morgan fingerprint density at radius 3 is 2.40 bits per heavy atom. The smallest absolute Gasteiger partial charge is 0.328 e. The molecule has 0 rings (SSSR count). The van der Waals surface area contributed by atoms with Crippen molar-refractivity contribution in [2.45, 2.75) is 57.5 Å². The lowest BCUT2D eigenvalue weighted by Crippen LogP contribution is -2.49. The van der Waals surface area contributed by atoms with Gasteiger partial charge in [0.25, 0.3) is 0 Å². The van der Waals surface area contributed by atoms with E-state index >= 15 is 0 Å². The van der Waals surface area contributed by atoms with Gasteiger partial charge in [0.05, 0.1) is 19.6 Å². The number of unbranched alkanes of at least 4 members (excludes halogenated alkanes) is 3. The number of esters is 1. The molecule has 0 aliphatic rings. The molecule has 0 aliphatic heterocycles. The SMILES string of the molecule is CCCCCC[C@@H](NC(=O)[C@H](N)CC(=O)O)C(=O)OC. The number of carbonyl (C=O) groups is 3. The number of methoxy groups -OCH3 is 1. The molecule has 0 unspecified atom stereocenters. The van der Waals surface area contributed by atoms with Gasteiger partial charge < -0.3 is 20.9 Å². The summed E-state index contributed by atoms with van der Waals surface area (Å²) in [5, 5.41) is 11.0. The van der Waals surface area contributed by atoms with Gasteiger partial charge in [0.2, 0.25) is 5.91 Å². The number of carboxylic acids is 1. The van der Waals surface area contributed by atoms with Crippen LogP contribution in [-0.4, -0.2) is 42.1 Å². The van der Waals surface area contributed by atoms with Crippen molar-refractivity contribution in [2.24, 2.45) is 5.73 Å². The van der Waals surface area contributed by atoms with E-state index in [9.17, 15) is 14.4 Å². The number of carbonyl (C=O) groups excluding carboxylic acids is 2. The van der Waals surface area contributed by atoms with Crippen LogP contribution in [0.2, 0.25) is 0 Å². The lowest BCUT2D eigenvalue weighted by molar-refractivity contribution is -0.145. The molecule has 0 aromatic heterocycles. The van der Waals surface area contributed by atoms with Crippen LogP contribution in [0.3, 0.4) is 0 Å². The summed E-state index contributed by atoms with van der Waals surface area (Å²) in [5.41, 5.74) is 5.44. The number of aliphatic carboxylic acids is 1. The van der Waals surface area contributed by atoms with Crippen LogP contribution in [0.4, 0.5) is 0 Å². The summed E-state index contributed by atoms with van der Waals surface area (Å²) in [6.07, 6.45) is 3.84. The van der Waals surface area contributed by atoms with Crippen molar-refractivity contribution >= 4 is 17.8 Å². The fourth-order valence-electron chi connectivity index (χ4n) is 1.73. The van der Waals surface area contributed by atoms with Gasteiger partial charge in [-0.15, -0.1) is 0 Å². The Labute approximate surface area is 118 Å². The molecule has 0 fully saturated rings. The molecule has 0 aromatic carbocycles. The van der Waals surface area contributed by atoms with Crippen LogP contribution in [-0.2, 0) is 19.1 Å². The third kappa shape index (κ3) is 7.73. The Morgan fingerprint density at radius 1 is 1.25 bits per heavy atom. The van der Waals surface area contributed by atoms with E-state index in [4.69, 9.17) is 10.8 Å². The van der Waals surface area contributed by atoms with Crippen LogP contribution in [0.15, 0.2) is 0 Å². The summed E-state index contributed by atoms with van der Waals surface area (Å²) in [6, 6.07) is -1.94. The Balaban J connectivity index is 4.37. The third-order valence-electron chi connectivity index (χ3n) is 2.88. The fraction of sp³-hybridized carbons (Fsp3) is 0.769. The van der Waals surface area contributed by atoms with Crippen molar-refractivity contribution < 1.29 is 24.2 Å².